The first-order chi connectivity index (χ1) is 12.2. The first-order valence-electron chi connectivity index (χ1n) is 8.30. The van der Waals surface area contributed by atoms with Crippen LogP contribution >= 0.6 is 0 Å². The first-order valence-corrected chi connectivity index (χ1v) is 8.30. The lowest BCUT2D eigenvalue weighted by Gasteiger charge is -2.12. The predicted octanol–water partition coefficient (Wildman–Crippen LogP) is 1.74. The summed E-state index contributed by atoms with van der Waals surface area (Å²) in [5.41, 5.74) is 2.32. The molecule has 1 aromatic heterocycles. The van der Waals surface area contributed by atoms with E-state index in [4.69, 9.17) is 9.47 Å². The quantitative estimate of drug-likeness (QED) is 0.433. The number of hydrogen-bond donors (Lipinski definition) is 2. The van der Waals surface area contributed by atoms with E-state index in [0.29, 0.717) is 6.54 Å². The van der Waals surface area contributed by atoms with Crippen LogP contribution in [0.3, 0.4) is 0 Å². The summed E-state index contributed by atoms with van der Waals surface area (Å²) in [6.07, 6.45) is 3.73. The Morgan fingerprint density at radius 3 is 2.60 bits per heavy atom. The Morgan fingerprint density at radius 1 is 1.16 bits per heavy atom. The number of hydrogen-bond acceptors (Lipinski definition) is 4. The second-order valence-corrected chi connectivity index (χ2v) is 5.59. The van der Waals surface area contributed by atoms with Crippen molar-refractivity contribution < 1.29 is 9.47 Å². The fraction of sp³-hybridized carbons (Fsp3) is 0.444. The number of benzene rings is 1. The molecule has 2 N–H and O–H groups in total. The molecular formula is C18H27N5O2. The zero-order valence-electron chi connectivity index (χ0n) is 15.4. The second kappa shape index (κ2) is 9.56. The zero-order chi connectivity index (χ0) is 18.1. The molecule has 2 rings (SSSR count). The smallest absolute Gasteiger partial charge is 0.191 e. The average molecular weight is 345 g/mol. The second-order valence-electron chi connectivity index (χ2n) is 5.59. The molecule has 7 nitrogen and oxygen atoms in total. The van der Waals surface area contributed by atoms with E-state index in [9.17, 15) is 0 Å². The molecule has 0 aliphatic rings. The molecule has 1 heterocycles. The van der Waals surface area contributed by atoms with E-state index < -0.39 is 0 Å². The SMILES string of the molecule is CN=C(NCCCc1ccc(OC)c(OC)c1)NCc1ccnn1C. The number of nitrogens with one attached hydrogen (secondary N) is 2. The molecule has 0 aliphatic heterocycles. The highest BCUT2D eigenvalue weighted by atomic mass is 16.5. The van der Waals surface area contributed by atoms with E-state index >= 15 is 0 Å². The summed E-state index contributed by atoms with van der Waals surface area (Å²) in [5.74, 6) is 2.30. The van der Waals surface area contributed by atoms with Crippen LogP contribution in [-0.4, -0.2) is 43.6 Å². The first kappa shape index (κ1) is 18.6. The summed E-state index contributed by atoms with van der Waals surface area (Å²) < 4.78 is 12.4. The summed E-state index contributed by atoms with van der Waals surface area (Å²) in [5, 5.41) is 10.8. The van der Waals surface area contributed by atoms with Gasteiger partial charge in [-0.15, -0.1) is 0 Å². The Morgan fingerprint density at radius 2 is 1.96 bits per heavy atom. The van der Waals surface area contributed by atoms with E-state index in [1.54, 1.807) is 27.5 Å². The zero-order valence-corrected chi connectivity index (χ0v) is 15.4. The van der Waals surface area contributed by atoms with Crippen molar-refractivity contribution in [2.45, 2.75) is 19.4 Å². The minimum atomic E-state index is 0.686. The van der Waals surface area contributed by atoms with Gasteiger partial charge in [0.05, 0.1) is 26.5 Å². The fourth-order valence-electron chi connectivity index (χ4n) is 2.51. The van der Waals surface area contributed by atoms with Gasteiger partial charge >= 0.3 is 0 Å². The number of aromatic nitrogens is 2. The Bertz CT molecular complexity index is 697. The van der Waals surface area contributed by atoms with Gasteiger partial charge in [-0.25, -0.2) is 0 Å². The molecule has 7 heteroatoms. The minimum absolute atomic E-state index is 0.686. The summed E-state index contributed by atoms with van der Waals surface area (Å²) in [6, 6.07) is 8.01. The van der Waals surface area contributed by atoms with Crippen molar-refractivity contribution in [1.29, 1.82) is 0 Å². The maximum atomic E-state index is 5.34. The third-order valence-electron chi connectivity index (χ3n) is 3.97. The maximum Gasteiger partial charge on any atom is 0.191 e. The van der Waals surface area contributed by atoms with Gasteiger partial charge in [0.2, 0.25) is 0 Å². The normalized spacial score (nSPS) is 11.3. The van der Waals surface area contributed by atoms with Crippen LogP contribution in [0.1, 0.15) is 17.7 Å². The Kier molecular flexibility index (Phi) is 7.13. The van der Waals surface area contributed by atoms with Gasteiger partial charge in [0.1, 0.15) is 0 Å². The highest BCUT2D eigenvalue weighted by molar-refractivity contribution is 5.79. The van der Waals surface area contributed by atoms with Crippen LogP contribution in [0.4, 0.5) is 0 Å². The monoisotopic (exact) mass is 345 g/mol. The van der Waals surface area contributed by atoms with Crippen molar-refractivity contribution in [3.05, 3.63) is 41.7 Å². The van der Waals surface area contributed by atoms with Crippen LogP contribution in [0.5, 0.6) is 11.5 Å². The van der Waals surface area contributed by atoms with Crippen molar-refractivity contribution in [2.75, 3.05) is 27.8 Å². The van der Waals surface area contributed by atoms with Crippen molar-refractivity contribution in [1.82, 2.24) is 20.4 Å². The van der Waals surface area contributed by atoms with Crippen LogP contribution in [-0.2, 0) is 20.0 Å². The summed E-state index contributed by atoms with van der Waals surface area (Å²) >= 11 is 0. The van der Waals surface area contributed by atoms with Crippen LogP contribution in [0.25, 0.3) is 0 Å². The van der Waals surface area contributed by atoms with E-state index in [2.05, 4.69) is 26.8 Å². The van der Waals surface area contributed by atoms with Gasteiger partial charge in [0.15, 0.2) is 17.5 Å². The third-order valence-corrected chi connectivity index (χ3v) is 3.97. The van der Waals surface area contributed by atoms with Crippen LogP contribution < -0.4 is 20.1 Å². The molecule has 2 aromatic rings. The average Bonchev–Trinajstić information content (AvgIpc) is 3.05. The standard InChI is InChI=1S/C18H27N5O2/c1-19-18(21-13-15-9-11-22-23(15)2)20-10-5-6-14-7-8-16(24-3)17(12-14)25-4/h7-9,11-12H,5-6,10,13H2,1-4H3,(H2,19,20,21). The summed E-state index contributed by atoms with van der Waals surface area (Å²) in [6.45, 7) is 1.52. The van der Waals surface area contributed by atoms with Gasteiger partial charge in [-0.2, -0.15) is 5.10 Å². The number of nitrogens with zero attached hydrogens (tertiary/aromatic N) is 3. The minimum Gasteiger partial charge on any atom is -0.493 e. The number of ether oxygens (including phenoxy) is 2. The number of aliphatic imine (C=N–C) groups is 1. The molecule has 0 saturated carbocycles. The van der Waals surface area contributed by atoms with Gasteiger partial charge in [0.25, 0.3) is 0 Å². The predicted molar refractivity (Wildman–Crippen MR) is 99.3 cm³/mol. The molecule has 0 bridgehead atoms. The summed E-state index contributed by atoms with van der Waals surface area (Å²) in [4.78, 5) is 4.24. The highest BCUT2D eigenvalue weighted by Gasteiger charge is 2.05. The lowest BCUT2D eigenvalue weighted by molar-refractivity contribution is 0.354. The van der Waals surface area contributed by atoms with Crippen molar-refractivity contribution >= 4 is 5.96 Å². The van der Waals surface area contributed by atoms with Crippen LogP contribution in [0.15, 0.2) is 35.5 Å². The fourth-order valence-corrected chi connectivity index (χ4v) is 2.51. The Balaban J connectivity index is 1.75. The molecule has 0 saturated heterocycles. The van der Waals surface area contributed by atoms with E-state index in [0.717, 1.165) is 42.5 Å². The molecule has 0 fully saturated rings. The Hall–Kier alpha value is -2.70. The van der Waals surface area contributed by atoms with E-state index in [1.807, 2.05) is 29.9 Å². The molecule has 0 amide bonds. The molecule has 0 spiro atoms. The van der Waals surface area contributed by atoms with E-state index in [-0.39, 0.29) is 0 Å². The lowest BCUT2D eigenvalue weighted by Crippen LogP contribution is -2.37. The van der Waals surface area contributed by atoms with E-state index in [1.165, 1.54) is 5.56 Å². The lowest BCUT2D eigenvalue weighted by atomic mass is 10.1. The van der Waals surface area contributed by atoms with Crippen molar-refractivity contribution in [2.24, 2.45) is 12.0 Å². The molecule has 1 aromatic carbocycles. The third kappa shape index (κ3) is 5.41. The van der Waals surface area contributed by atoms with Gasteiger partial charge < -0.3 is 20.1 Å². The van der Waals surface area contributed by atoms with Crippen LogP contribution in [0.2, 0.25) is 0 Å². The van der Waals surface area contributed by atoms with Crippen molar-refractivity contribution in [3.8, 4) is 11.5 Å². The number of aryl methyl sites for hydroxylation is 2. The van der Waals surface area contributed by atoms with Gasteiger partial charge in [-0.1, -0.05) is 6.07 Å². The van der Waals surface area contributed by atoms with Gasteiger partial charge in [-0.05, 0) is 36.6 Å². The maximum absolute atomic E-state index is 5.34. The number of methoxy groups -OCH3 is 2. The van der Waals surface area contributed by atoms with Crippen LogP contribution in [0, 0.1) is 0 Å². The molecule has 136 valence electrons. The molecule has 0 atom stereocenters. The van der Waals surface area contributed by atoms with Crippen molar-refractivity contribution in [3.63, 3.8) is 0 Å². The molecule has 0 unspecified atom stereocenters. The topological polar surface area (TPSA) is 72.7 Å². The van der Waals surface area contributed by atoms with Gasteiger partial charge in [0, 0.05) is 26.8 Å². The highest BCUT2D eigenvalue weighted by Crippen LogP contribution is 2.27. The number of guanidine groups is 1. The molecular weight excluding hydrogens is 318 g/mol. The molecule has 0 radical (unpaired) electrons. The largest absolute Gasteiger partial charge is 0.493 e. The van der Waals surface area contributed by atoms with Gasteiger partial charge in [-0.3, -0.25) is 9.67 Å². The number of rotatable bonds is 8. The molecule has 25 heavy (non-hydrogen) atoms. The molecule has 0 aliphatic carbocycles. The Labute approximate surface area is 149 Å². The summed E-state index contributed by atoms with van der Waals surface area (Å²) in [7, 11) is 7.00.